The Labute approximate surface area is 823 Å². The lowest BCUT2D eigenvalue weighted by Gasteiger charge is -2.15. The molecule has 21 aromatic carbocycles. The third kappa shape index (κ3) is 12.8. The summed E-state index contributed by atoms with van der Waals surface area (Å²) in [5, 5.41) is 23.1. The molecular weight excluding hydrogens is 1780 g/mol. The van der Waals surface area contributed by atoms with E-state index >= 15 is 0 Å². The fourth-order valence-electron chi connectivity index (χ4n) is 22.2. The van der Waals surface area contributed by atoms with Crippen LogP contribution in [0, 0.1) is 0 Å². The molecule has 0 bridgehead atoms. The molecule has 32 rings (SSSR count). The molecule has 11 aromatic heterocycles. The van der Waals surface area contributed by atoms with Crippen LogP contribution in [0.5, 0.6) is 0 Å². The fraction of sp³-hybridized carbons (Fsp3) is 0. The van der Waals surface area contributed by atoms with Crippen LogP contribution in [0.1, 0.15) is 0 Å². The van der Waals surface area contributed by atoms with Crippen LogP contribution in [-0.2, 0) is 0 Å². The summed E-state index contributed by atoms with van der Waals surface area (Å²) >= 11 is 1.74. The highest BCUT2D eigenvalue weighted by atomic mass is 32.1. The van der Waals surface area contributed by atoms with E-state index in [1.54, 1.807) is 11.3 Å². The van der Waals surface area contributed by atoms with Crippen LogP contribution >= 0.6 is 11.3 Å². The van der Waals surface area contributed by atoms with Gasteiger partial charge in [0.25, 0.3) is 0 Å². The van der Waals surface area contributed by atoms with E-state index in [1.165, 1.54) is 69.3 Å². The zero-order chi connectivity index (χ0) is 94.3. The minimum atomic E-state index is 0.643. The average Bonchev–Trinajstić information content (AvgIpc) is 1.56. The molecule has 13 nitrogen and oxygen atoms in total. The van der Waals surface area contributed by atoms with Gasteiger partial charge in [0.15, 0.2) is 17.2 Å². The van der Waals surface area contributed by atoms with E-state index < -0.39 is 0 Å². The van der Waals surface area contributed by atoms with Gasteiger partial charge in [0, 0.05) is 97.3 Å². The Bertz CT molecular complexity index is 10600. The Kier molecular flexibility index (Phi) is 18.0. The number of furan rings is 4. The molecular formula is C130H75N9O4S. The third-order valence-corrected chi connectivity index (χ3v) is 29.8. The molecule has 0 saturated carbocycles. The summed E-state index contributed by atoms with van der Waals surface area (Å²) in [6.07, 6.45) is 0. The molecule has 670 valence electrons. The van der Waals surface area contributed by atoms with Crippen molar-refractivity contribution in [1.82, 2.24) is 43.6 Å². The lowest BCUT2D eigenvalue weighted by atomic mass is 10.0. The van der Waals surface area contributed by atoms with Crippen LogP contribution in [0.15, 0.2) is 473 Å². The largest absolute Gasteiger partial charge is 0.456 e. The summed E-state index contributed by atoms with van der Waals surface area (Å²) in [6.45, 7) is 0. The third-order valence-electron chi connectivity index (χ3n) is 28.7. The maximum Gasteiger partial charge on any atom is 0.180 e. The van der Waals surface area contributed by atoms with Gasteiger partial charge < -0.3 is 31.4 Å². The molecule has 0 saturated heterocycles. The average molecular weight is 1860 g/mol. The van der Waals surface area contributed by atoms with Gasteiger partial charge >= 0.3 is 0 Å². The Morgan fingerprint density at radius 2 is 0.500 bits per heavy atom. The molecule has 0 fully saturated rings. The van der Waals surface area contributed by atoms with E-state index in [0.717, 1.165) is 215 Å². The van der Waals surface area contributed by atoms with E-state index in [4.69, 9.17) is 47.6 Å². The molecule has 14 heteroatoms. The molecule has 11 heterocycles. The summed E-state index contributed by atoms with van der Waals surface area (Å²) in [4.78, 5) is 31.2. The molecule has 32 aromatic rings. The van der Waals surface area contributed by atoms with Gasteiger partial charge in [0.05, 0.1) is 105 Å². The van der Waals surface area contributed by atoms with Gasteiger partial charge in [-0.3, -0.25) is 0 Å². The smallest absolute Gasteiger partial charge is 0.180 e. The summed E-state index contributed by atoms with van der Waals surface area (Å²) in [5.41, 5.74) is 28.9. The van der Waals surface area contributed by atoms with E-state index in [9.17, 15) is 0 Å². The van der Waals surface area contributed by atoms with Crippen LogP contribution in [0.3, 0.4) is 0 Å². The lowest BCUT2D eigenvalue weighted by molar-refractivity contribution is 0.666. The second kappa shape index (κ2) is 32.2. The molecule has 0 aliphatic carbocycles. The van der Waals surface area contributed by atoms with Gasteiger partial charge in [-0.15, -0.1) is 11.3 Å². The van der Waals surface area contributed by atoms with Crippen LogP contribution in [0.25, 0.3) is 302 Å². The predicted molar refractivity (Wildman–Crippen MR) is 594 cm³/mol. The second-order valence-electron chi connectivity index (χ2n) is 37.0. The highest BCUT2D eigenvalue weighted by molar-refractivity contribution is 7.26. The number of hydrogen-bond donors (Lipinski definition) is 0. The first-order chi connectivity index (χ1) is 71.4. The van der Waals surface area contributed by atoms with Gasteiger partial charge in [-0.2, -0.15) is 0 Å². The highest BCUT2D eigenvalue weighted by Gasteiger charge is 2.30. The first-order valence-electron chi connectivity index (χ1n) is 48.3. The lowest BCUT2D eigenvalue weighted by Crippen LogP contribution is -1.99. The van der Waals surface area contributed by atoms with E-state index in [2.05, 4.69) is 329 Å². The Balaban J connectivity index is 0.000000101. The number of para-hydroxylation sites is 9. The SMILES string of the molecule is c1ccc(-c2nc(-c3cc(-n4c5ccccc5c5cc6ccccc6cc54)c4c(c3)oc3ccccc34)c3oc4ccccc4c3n2)cc1.c1ccc(-c2nc(-c3cc(-n4c5ccccc5c5cc6ccccc6cc54)c4c(c3)oc3ccccc34)c3sc4ccccc4c3n2)cc1.c1ccc(-c2nc3ccccc3nc2-c2cc(-n3c4ccccc4c4cc5ccccc5cc43)c3c(c2)oc2ccccc23)cc1. The molecule has 0 unspecified atom stereocenters. The number of rotatable bonds is 9. The van der Waals surface area contributed by atoms with Crippen LogP contribution in [0.4, 0.5) is 0 Å². The van der Waals surface area contributed by atoms with Crippen LogP contribution in [0.2, 0.25) is 0 Å². The number of aromatic nitrogens is 9. The molecule has 0 spiro atoms. The first kappa shape index (κ1) is 80.8. The van der Waals surface area contributed by atoms with Gasteiger partial charge in [0.2, 0.25) is 0 Å². The molecule has 0 amide bonds. The minimum absolute atomic E-state index is 0.643. The number of nitrogens with zero attached hydrogens (tertiary/aromatic N) is 9. The summed E-state index contributed by atoms with van der Waals surface area (Å²) in [6, 6.07) is 159. The van der Waals surface area contributed by atoms with Crippen molar-refractivity contribution in [3.63, 3.8) is 0 Å². The van der Waals surface area contributed by atoms with Crippen molar-refractivity contribution < 1.29 is 17.7 Å². The molecule has 144 heavy (non-hydrogen) atoms. The van der Waals surface area contributed by atoms with Crippen molar-refractivity contribution in [3.8, 4) is 84.9 Å². The minimum Gasteiger partial charge on any atom is -0.456 e. The van der Waals surface area contributed by atoms with Gasteiger partial charge in [-0.1, -0.05) is 315 Å². The standard InChI is InChI=1S/C44H25N3O2.C44H25N3OS.C42H25N3O/c1-2-12-26(13-3-1)44-45-41(43-42(46-44)32-18-8-11-21-38(32)49-43)29-24-36(40-31-17-7-10-20-37(31)48-39(40)25-29)47-34-19-9-6-16-30(34)33-22-27-14-4-5-15-28(27)23-35(33)47;1-2-12-26(13-3-1)44-45-41(43-42(46-44)32-18-8-11-21-39(32)49-43)29-24-36(40-31-17-7-10-20-37(31)48-38(40)25-29)47-34-19-9-6-16-30(34)33-22-27-14-4-5-15-28(27)23-35(33)47;1-2-12-26(13-3-1)41-42(44-34-19-9-8-18-33(34)43-41)29-24-37(40-31-17-7-11-21-38(31)46-39(40)25-29)45-35-20-10-6-16-30(35)32-22-27-14-4-5-15-28(27)23-36(32)45/h2*1-25H;1-25H. The monoisotopic (exact) mass is 1860 g/mol. The van der Waals surface area contributed by atoms with E-state index in [1.807, 2.05) is 140 Å². The number of fused-ring (bicyclic) bond motifs is 28. The second-order valence-corrected chi connectivity index (χ2v) is 38.0. The maximum atomic E-state index is 6.68. The van der Waals surface area contributed by atoms with Crippen molar-refractivity contribution in [2.75, 3.05) is 0 Å². The van der Waals surface area contributed by atoms with Gasteiger partial charge in [0.1, 0.15) is 50.3 Å². The molecule has 0 atom stereocenters. The summed E-state index contributed by atoms with van der Waals surface area (Å²) in [7, 11) is 0. The molecule has 0 aliphatic heterocycles. The number of benzene rings is 21. The van der Waals surface area contributed by atoms with Crippen LogP contribution in [-0.4, -0.2) is 43.6 Å². The van der Waals surface area contributed by atoms with Crippen molar-refractivity contribution in [1.29, 1.82) is 0 Å². The number of thiophene rings is 1. The predicted octanol–water partition coefficient (Wildman–Crippen LogP) is 35.3. The van der Waals surface area contributed by atoms with Gasteiger partial charge in [-0.05, 0) is 172 Å². The maximum absolute atomic E-state index is 6.68. The summed E-state index contributed by atoms with van der Waals surface area (Å²) in [5.74, 6) is 1.35. The van der Waals surface area contributed by atoms with Crippen molar-refractivity contribution in [2.24, 2.45) is 0 Å². The Morgan fingerprint density at radius 1 is 0.188 bits per heavy atom. The Morgan fingerprint density at radius 3 is 0.931 bits per heavy atom. The summed E-state index contributed by atoms with van der Waals surface area (Å²) < 4.78 is 36.0. The number of hydrogen-bond acceptors (Lipinski definition) is 11. The normalized spacial score (nSPS) is 12.0. The fourth-order valence-corrected chi connectivity index (χ4v) is 23.3. The van der Waals surface area contributed by atoms with Crippen molar-refractivity contribution >= 4 is 228 Å². The first-order valence-corrected chi connectivity index (χ1v) is 49.1. The zero-order valence-electron chi connectivity index (χ0n) is 76.9. The van der Waals surface area contributed by atoms with E-state index in [-0.39, 0.29) is 0 Å². The zero-order valence-corrected chi connectivity index (χ0v) is 77.7. The quantitative estimate of drug-likeness (QED) is 0.137. The molecule has 0 aliphatic rings. The van der Waals surface area contributed by atoms with Crippen molar-refractivity contribution in [3.05, 3.63) is 455 Å². The highest BCUT2D eigenvalue weighted by Crippen LogP contribution is 2.51. The van der Waals surface area contributed by atoms with Crippen molar-refractivity contribution in [2.45, 2.75) is 0 Å². The van der Waals surface area contributed by atoms with E-state index in [0.29, 0.717) is 17.2 Å². The molecule has 0 N–H and O–H groups in total. The van der Waals surface area contributed by atoms with Gasteiger partial charge in [-0.25, -0.2) is 29.9 Å². The Hall–Kier alpha value is -19.3. The molecule has 0 radical (unpaired) electrons. The van der Waals surface area contributed by atoms with Crippen LogP contribution < -0.4 is 0 Å². The topological polar surface area (TPSA) is 145 Å².